The molecular formula is C13H17N5O2S. The van der Waals surface area contributed by atoms with Gasteiger partial charge in [0.1, 0.15) is 6.04 Å². The van der Waals surface area contributed by atoms with E-state index in [9.17, 15) is 9.90 Å². The average molecular weight is 307 g/mol. The molecule has 1 unspecified atom stereocenters. The minimum absolute atomic E-state index is 0.0943. The van der Waals surface area contributed by atoms with Gasteiger partial charge in [-0.25, -0.2) is 0 Å². The Morgan fingerprint density at radius 2 is 2.10 bits per heavy atom. The van der Waals surface area contributed by atoms with Crippen molar-refractivity contribution in [3.8, 4) is 5.69 Å². The predicted octanol–water partition coefficient (Wildman–Crippen LogP) is 1.21. The molecule has 1 aromatic carbocycles. The van der Waals surface area contributed by atoms with Crippen LogP contribution in [0.5, 0.6) is 0 Å². The zero-order chi connectivity index (χ0) is 15.2. The summed E-state index contributed by atoms with van der Waals surface area (Å²) in [6.07, 6.45) is 0. The molecule has 2 rings (SSSR count). The molecule has 0 aliphatic rings. The maximum Gasteiger partial charge on any atom is 0.321 e. The number of aliphatic carboxylic acids is 1. The van der Waals surface area contributed by atoms with Gasteiger partial charge in [-0.3, -0.25) is 4.79 Å². The third-order valence-corrected chi connectivity index (χ3v) is 3.67. The summed E-state index contributed by atoms with van der Waals surface area (Å²) < 4.78 is 1.60. The fourth-order valence-corrected chi connectivity index (χ4v) is 2.66. The summed E-state index contributed by atoms with van der Waals surface area (Å²) in [5, 5.41) is 24.3. The van der Waals surface area contributed by atoms with Gasteiger partial charge in [-0.2, -0.15) is 4.68 Å². The molecule has 0 bridgehead atoms. The van der Waals surface area contributed by atoms with E-state index in [1.165, 1.54) is 11.8 Å². The van der Waals surface area contributed by atoms with E-state index in [0.29, 0.717) is 10.9 Å². The molecule has 0 saturated heterocycles. The van der Waals surface area contributed by atoms with Gasteiger partial charge >= 0.3 is 5.97 Å². The molecule has 2 N–H and O–H groups in total. The first-order valence-corrected chi connectivity index (χ1v) is 7.52. The maximum absolute atomic E-state index is 11.2. The summed E-state index contributed by atoms with van der Waals surface area (Å²) >= 11 is 1.31. The van der Waals surface area contributed by atoms with E-state index in [1.807, 2.05) is 44.2 Å². The lowest BCUT2D eigenvalue weighted by molar-refractivity contribution is -0.139. The highest BCUT2D eigenvalue weighted by Crippen LogP contribution is 2.18. The van der Waals surface area contributed by atoms with E-state index >= 15 is 0 Å². The highest BCUT2D eigenvalue weighted by Gasteiger charge is 2.20. The molecule has 8 heteroatoms. The zero-order valence-corrected chi connectivity index (χ0v) is 12.6. The second kappa shape index (κ2) is 7.19. The summed E-state index contributed by atoms with van der Waals surface area (Å²) in [6.45, 7) is 3.82. The van der Waals surface area contributed by atoms with Crippen LogP contribution in [0.15, 0.2) is 35.5 Å². The zero-order valence-electron chi connectivity index (χ0n) is 11.8. The normalized spacial score (nSPS) is 12.5. The molecule has 21 heavy (non-hydrogen) atoms. The van der Waals surface area contributed by atoms with Crippen LogP contribution < -0.4 is 5.32 Å². The van der Waals surface area contributed by atoms with Crippen molar-refractivity contribution in [1.82, 2.24) is 25.5 Å². The molecule has 1 aromatic heterocycles. The fraction of sp³-hybridized carbons (Fsp3) is 0.385. The first-order valence-electron chi connectivity index (χ1n) is 6.53. The number of carboxylic acid groups (broad SMARTS) is 1. The number of hydrogen-bond donors (Lipinski definition) is 2. The van der Waals surface area contributed by atoms with Crippen molar-refractivity contribution in [2.75, 3.05) is 5.75 Å². The van der Waals surface area contributed by atoms with Crippen LogP contribution in [0.2, 0.25) is 0 Å². The molecule has 0 amide bonds. The highest BCUT2D eigenvalue weighted by molar-refractivity contribution is 7.99. The summed E-state index contributed by atoms with van der Waals surface area (Å²) in [5.41, 5.74) is 0.841. The number of thioether (sulfide) groups is 1. The monoisotopic (exact) mass is 307 g/mol. The molecule has 0 spiro atoms. The molecule has 1 heterocycles. The largest absolute Gasteiger partial charge is 0.480 e. The molecule has 0 radical (unpaired) electrons. The van der Waals surface area contributed by atoms with Crippen LogP contribution in [0, 0.1) is 0 Å². The van der Waals surface area contributed by atoms with Crippen LogP contribution in [0.1, 0.15) is 13.8 Å². The molecular weight excluding hydrogens is 290 g/mol. The Bertz CT molecular complexity index is 587. The van der Waals surface area contributed by atoms with E-state index < -0.39 is 12.0 Å². The topological polar surface area (TPSA) is 92.9 Å². The average Bonchev–Trinajstić information content (AvgIpc) is 2.92. The van der Waals surface area contributed by atoms with E-state index in [4.69, 9.17) is 0 Å². The summed E-state index contributed by atoms with van der Waals surface area (Å²) in [5.74, 6) is -0.532. The van der Waals surface area contributed by atoms with Gasteiger partial charge in [0, 0.05) is 11.8 Å². The SMILES string of the molecule is CC(C)NC(CSc1nnnn1-c1ccccc1)C(=O)O. The molecule has 0 saturated carbocycles. The molecule has 0 aliphatic heterocycles. The van der Waals surface area contributed by atoms with Crippen molar-refractivity contribution in [3.63, 3.8) is 0 Å². The number of para-hydroxylation sites is 1. The van der Waals surface area contributed by atoms with Gasteiger partial charge < -0.3 is 10.4 Å². The van der Waals surface area contributed by atoms with Crippen LogP contribution in [-0.2, 0) is 4.79 Å². The fourth-order valence-electron chi connectivity index (χ4n) is 1.75. The number of carboxylic acids is 1. The van der Waals surface area contributed by atoms with Crippen molar-refractivity contribution in [3.05, 3.63) is 30.3 Å². The van der Waals surface area contributed by atoms with Crippen LogP contribution in [-0.4, -0.2) is 49.1 Å². The maximum atomic E-state index is 11.2. The van der Waals surface area contributed by atoms with Gasteiger partial charge in [0.05, 0.1) is 5.69 Å². The van der Waals surface area contributed by atoms with E-state index in [1.54, 1.807) is 4.68 Å². The van der Waals surface area contributed by atoms with Crippen LogP contribution in [0.25, 0.3) is 5.69 Å². The van der Waals surface area contributed by atoms with Crippen LogP contribution in [0.4, 0.5) is 0 Å². The van der Waals surface area contributed by atoms with Gasteiger partial charge in [0.15, 0.2) is 0 Å². The highest BCUT2D eigenvalue weighted by atomic mass is 32.2. The van der Waals surface area contributed by atoms with E-state index in [0.717, 1.165) is 5.69 Å². The lowest BCUT2D eigenvalue weighted by Gasteiger charge is -2.16. The Labute approximate surface area is 126 Å². The number of tetrazole rings is 1. The summed E-state index contributed by atoms with van der Waals surface area (Å²) in [4.78, 5) is 11.2. The number of nitrogens with one attached hydrogen (secondary N) is 1. The number of benzene rings is 1. The second-order valence-corrected chi connectivity index (χ2v) is 5.72. The Morgan fingerprint density at radius 1 is 1.38 bits per heavy atom. The minimum Gasteiger partial charge on any atom is -0.480 e. The van der Waals surface area contributed by atoms with Gasteiger partial charge in [0.25, 0.3) is 0 Å². The number of hydrogen-bond acceptors (Lipinski definition) is 6. The summed E-state index contributed by atoms with van der Waals surface area (Å²) in [7, 11) is 0. The Hall–Kier alpha value is -1.93. The first-order chi connectivity index (χ1) is 10.1. The van der Waals surface area contributed by atoms with Crippen molar-refractivity contribution in [2.45, 2.75) is 31.1 Å². The van der Waals surface area contributed by atoms with E-state index in [-0.39, 0.29) is 6.04 Å². The molecule has 1 atom stereocenters. The van der Waals surface area contributed by atoms with Gasteiger partial charge in [-0.05, 0) is 22.6 Å². The molecule has 7 nitrogen and oxygen atoms in total. The summed E-state index contributed by atoms with van der Waals surface area (Å²) in [6, 6.07) is 8.93. The van der Waals surface area contributed by atoms with Crippen molar-refractivity contribution in [1.29, 1.82) is 0 Å². The standard InChI is InChI=1S/C13H17N5O2S/c1-9(2)14-11(12(19)20)8-21-13-15-16-17-18(13)10-6-4-3-5-7-10/h3-7,9,11,14H,8H2,1-2H3,(H,19,20). The quantitative estimate of drug-likeness (QED) is 0.742. The molecule has 0 fully saturated rings. The third-order valence-electron chi connectivity index (χ3n) is 2.65. The molecule has 2 aromatic rings. The number of nitrogens with zero attached hydrogens (tertiary/aromatic N) is 4. The van der Waals surface area contributed by atoms with Gasteiger partial charge in [-0.1, -0.05) is 43.8 Å². The second-order valence-electron chi connectivity index (χ2n) is 4.73. The molecule has 112 valence electrons. The van der Waals surface area contributed by atoms with Gasteiger partial charge in [-0.15, -0.1) is 5.10 Å². The number of rotatable bonds is 7. The van der Waals surface area contributed by atoms with Crippen LogP contribution in [0.3, 0.4) is 0 Å². The van der Waals surface area contributed by atoms with E-state index in [2.05, 4.69) is 20.8 Å². The van der Waals surface area contributed by atoms with Crippen molar-refractivity contribution < 1.29 is 9.90 Å². The van der Waals surface area contributed by atoms with Gasteiger partial charge in [0.2, 0.25) is 5.16 Å². The Kier molecular flexibility index (Phi) is 5.29. The minimum atomic E-state index is -0.880. The van der Waals surface area contributed by atoms with Crippen molar-refractivity contribution in [2.24, 2.45) is 0 Å². The third kappa shape index (κ3) is 4.27. The molecule has 0 aliphatic carbocycles. The Balaban J connectivity index is 2.07. The first kappa shape index (κ1) is 15.5. The number of aromatic nitrogens is 4. The smallest absolute Gasteiger partial charge is 0.321 e. The predicted molar refractivity (Wildman–Crippen MR) is 79.6 cm³/mol. The number of carbonyl (C=O) groups is 1. The van der Waals surface area contributed by atoms with Crippen LogP contribution >= 0.6 is 11.8 Å². The van der Waals surface area contributed by atoms with Crippen molar-refractivity contribution >= 4 is 17.7 Å². The lowest BCUT2D eigenvalue weighted by Crippen LogP contribution is -2.42. The lowest BCUT2D eigenvalue weighted by atomic mass is 10.3. The Morgan fingerprint density at radius 3 is 2.71 bits per heavy atom.